The van der Waals surface area contributed by atoms with Crippen molar-refractivity contribution in [3.8, 4) is 0 Å². The van der Waals surface area contributed by atoms with Gasteiger partial charge in [-0.2, -0.15) is 0 Å². The molecule has 3 nitrogen and oxygen atoms in total. The highest BCUT2D eigenvalue weighted by atomic mass is 16.1. The lowest BCUT2D eigenvalue weighted by atomic mass is 10.1. The Labute approximate surface area is 65.0 Å². The number of carbonyl (C=O) groups is 1. The van der Waals surface area contributed by atoms with Crippen molar-refractivity contribution in [2.75, 3.05) is 11.5 Å². The molecule has 1 aromatic carbocycles. The van der Waals surface area contributed by atoms with E-state index < -0.39 is 0 Å². The Morgan fingerprint density at radius 2 is 2.00 bits per heavy atom. The van der Waals surface area contributed by atoms with Crippen molar-refractivity contribution in [2.45, 2.75) is 6.92 Å². The predicted octanol–water partition coefficient (Wildman–Crippen LogP) is 1.05. The molecule has 0 unspecified atom stereocenters. The maximum Gasteiger partial charge on any atom is 0.161 e. The summed E-state index contributed by atoms with van der Waals surface area (Å²) in [5.74, 6) is -0.0394. The van der Waals surface area contributed by atoms with Gasteiger partial charge in [-0.15, -0.1) is 0 Å². The second-order valence-corrected chi connectivity index (χ2v) is 2.40. The molecular weight excluding hydrogens is 140 g/mol. The Morgan fingerprint density at radius 3 is 2.45 bits per heavy atom. The molecule has 4 N–H and O–H groups in total. The fraction of sp³-hybridized carbons (Fsp3) is 0.125. The largest absolute Gasteiger partial charge is 0.399 e. The number of nitrogen functional groups attached to an aromatic ring is 2. The first kappa shape index (κ1) is 7.60. The number of anilines is 2. The van der Waals surface area contributed by atoms with E-state index in [1.54, 1.807) is 18.2 Å². The zero-order chi connectivity index (χ0) is 8.43. The molecule has 3 heteroatoms. The molecule has 0 aromatic heterocycles. The van der Waals surface area contributed by atoms with Gasteiger partial charge in [0.05, 0.1) is 0 Å². The van der Waals surface area contributed by atoms with Crippen LogP contribution in [0.2, 0.25) is 0 Å². The smallest absolute Gasteiger partial charge is 0.161 e. The fourth-order valence-electron chi connectivity index (χ4n) is 0.902. The molecule has 0 aliphatic heterocycles. The Bertz CT molecular complexity index is 294. The molecule has 0 amide bonds. The highest BCUT2D eigenvalue weighted by Gasteiger charge is 2.02. The van der Waals surface area contributed by atoms with Gasteiger partial charge < -0.3 is 11.5 Å². The zero-order valence-corrected chi connectivity index (χ0v) is 6.29. The molecule has 0 spiro atoms. The molecule has 0 fully saturated rings. The van der Waals surface area contributed by atoms with E-state index in [0.29, 0.717) is 16.9 Å². The molecule has 0 saturated heterocycles. The second-order valence-electron chi connectivity index (χ2n) is 2.40. The number of hydrogen-bond donors (Lipinski definition) is 2. The lowest BCUT2D eigenvalue weighted by Crippen LogP contribution is -2.00. The first-order valence-electron chi connectivity index (χ1n) is 3.27. The van der Waals surface area contributed by atoms with Gasteiger partial charge in [-0.1, -0.05) is 0 Å². The van der Waals surface area contributed by atoms with Gasteiger partial charge in [0.2, 0.25) is 0 Å². The van der Waals surface area contributed by atoms with Crippen molar-refractivity contribution in [3.63, 3.8) is 0 Å². The standard InChI is InChI=1S/C8H10N2O/c1-5(11)7-3-2-6(9)4-8(7)10/h2-4H,9-10H2,1H3. The number of hydrogen-bond acceptors (Lipinski definition) is 3. The number of Topliss-reactive ketones (excluding diaryl/α,β-unsaturated/α-hetero) is 1. The molecule has 1 aromatic rings. The summed E-state index contributed by atoms with van der Waals surface area (Å²) in [4.78, 5) is 10.9. The third-order valence-corrected chi connectivity index (χ3v) is 1.45. The Kier molecular flexibility index (Phi) is 1.81. The molecule has 0 saturated carbocycles. The number of carbonyl (C=O) groups excluding carboxylic acids is 1. The predicted molar refractivity (Wildman–Crippen MR) is 45.3 cm³/mol. The van der Waals surface area contributed by atoms with Crippen LogP contribution >= 0.6 is 0 Å². The molecule has 0 heterocycles. The number of rotatable bonds is 1. The van der Waals surface area contributed by atoms with E-state index in [1.807, 2.05) is 0 Å². The molecule has 0 atom stereocenters. The summed E-state index contributed by atoms with van der Waals surface area (Å²) in [6.45, 7) is 1.47. The number of nitrogens with two attached hydrogens (primary N) is 2. The summed E-state index contributed by atoms with van der Waals surface area (Å²) in [5, 5.41) is 0. The van der Waals surface area contributed by atoms with Crippen LogP contribution in [0.1, 0.15) is 17.3 Å². The van der Waals surface area contributed by atoms with Crippen LogP contribution < -0.4 is 11.5 Å². The lowest BCUT2D eigenvalue weighted by Gasteiger charge is -2.01. The first-order chi connectivity index (χ1) is 5.11. The quantitative estimate of drug-likeness (QED) is 0.464. The van der Waals surface area contributed by atoms with E-state index in [2.05, 4.69) is 0 Å². The van der Waals surface area contributed by atoms with Crippen LogP contribution in [0.3, 0.4) is 0 Å². The third-order valence-electron chi connectivity index (χ3n) is 1.45. The van der Waals surface area contributed by atoms with Crippen molar-refractivity contribution < 1.29 is 4.79 Å². The van der Waals surface area contributed by atoms with Gasteiger partial charge in [0, 0.05) is 16.9 Å². The van der Waals surface area contributed by atoms with E-state index in [9.17, 15) is 4.79 Å². The minimum Gasteiger partial charge on any atom is -0.399 e. The molecule has 0 bridgehead atoms. The van der Waals surface area contributed by atoms with Gasteiger partial charge >= 0.3 is 0 Å². The zero-order valence-electron chi connectivity index (χ0n) is 6.29. The highest BCUT2D eigenvalue weighted by Crippen LogP contribution is 2.15. The van der Waals surface area contributed by atoms with Crippen molar-refractivity contribution >= 4 is 17.2 Å². The van der Waals surface area contributed by atoms with Crippen molar-refractivity contribution in [1.82, 2.24) is 0 Å². The van der Waals surface area contributed by atoms with Crippen molar-refractivity contribution in [3.05, 3.63) is 23.8 Å². The summed E-state index contributed by atoms with van der Waals surface area (Å²) in [6, 6.07) is 4.87. The van der Waals surface area contributed by atoms with E-state index in [0.717, 1.165) is 0 Å². The maximum atomic E-state index is 10.9. The van der Waals surface area contributed by atoms with Crippen molar-refractivity contribution in [1.29, 1.82) is 0 Å². The first-order valence-corrected chi connectivity index (χ1v) is 3.27. The maximum absolute atomic E-state index is 10.9. The van der Waals surface area contributed by atoms with Crippen LogP contribution in [0.25, 0.3) is 0 Å². The van der Waals surface area contributed by atoms with Crippen LogP contribution in [0.5, 0.6) is 0 Å². The van der Waals surface area contributed by atoms with Crippen LogP contribution in [0.15, 0.2) is 18.2 Å². The van der Waals surface area contributed by atoms with Gasteiger partial charge in [-0.3, -0.25) is 4.79 Å². The van der Waals surface area contributed by atoms with Gasteiger partial charge in [0.15, 0.2) is 5.78 Å². The van der Waals surface area contributed by atoms with Crippen LogP contribution in [0, 0.1) is 0 Å². The average molecular weight is 150 g/mol. The normalized spacial score (nSPS) is 9.55. The third kappa shape index (κ3) is 1.49. The number of benzene rings is 1. The minimum atomic E-state index is -0.0394. The summed E-state index contributed by atoms with van der Waals surface area (Å²) < 4.78 is 0. The summed E-state index contributed by atoms with van der Waals surface area (Å²) >= 11 is 0. The Morgan fingerprint density at radius 1 is 1.36 bits per heavy atom. The highest BCUT2D eigenvalue weighted by molar-refractivity contribution is 5.99. The van der Waals surface area contributed by atoms with Crippen LogP contribution in [-0.4, -0.2) is 5.78 Å². The van der Waals surface area contributed by atoms with E-state index in [4.69, 9.17) is 11.5 Å². The van der Waals surface area contributed by atoms with E-state index >= 15 is 0 Å². The molecular formula is C8H10N2O. The molecule has 1 rings (SSSR count). The van der Waals surface area contributed by atoms with Crippen LogP contribution in [0.4, 0.5) is 11.4 Å². The van der Waals surface area contributed by atoms with E-state index in [-0.39, 0.29) is 5.78 Å². The van der Waals surface area contributed by atoms with Crippen LogP contribution in [-0.2, 0) is 0 Å². The van der Waals surface area contributed by atoms with Gasteiger partial charge in [-0.05, 0) is 25.1 Å². The topological polar surface area (TPSA) is 69.1 Å². The molecule has 58 valence electrons. The van der Waals surface area contributed by atoms with Gasteiger partial charge in [-0.25, -0.2) is 0 Å². The molecule has 0 aliphatic rings. The fourth-order valence-corrected chi connectivity index (χ4v) is 0.902. The average Bonchev–Trinajstić information content (AvgIpc) is 1.85. The van der Waals surface area contributed by atoms with E-state index in [1.165, 1.54) is 6.92 Å². The van der Waals surface area contributed by atoms with Crippen molar-refractivity contribution in [2.24, 2.45) is 0 Å². The summed E-state index contributed by atoms with van der Waals surface area (Å²) in [6.07, 6.45) is 0. The Hall–Kier alpha value is -1.51. The minimum absolute atomic E-state index is 0.0394. The lowest BCUT2D eigenvalue weighted by molar-refractivity contribution is 0.101. The van der Waals surface area contributed by atoms with Gasteiger partial charge in [0.1, 0.15) is 0 Å². The van der Waals surface area contributed by atoms with Gasteiger partial charge in [0.25, 0.3) is 0 Å². The monoisotopic (exact) mass is 150 g/mol. The second kappa shape index (κ2) is 2.62. The molecule has 11 heavy (non-hydrogen) atoms. The molecule has 0 radical (unpaired) electrons. The SMILES string of the molecule is CC(=O)c1ccc(N)cc1N. The molecule has 0 aliphatic carbocycles. The number of ketones is 1. The summed E-state index contributed by atoms with van der Waals surface area (Å²) in [7, 11) is 0. The Balaban J connectivity index is 3.20. The summed E-state index contributed by atoms with van der Waals surface area (Å²) in [5.41, 5.74) is 12.5.